The van der Waals surface area contributed by atoms with Crippen LogP contribution in [0.15, 0.2) is 65.6 Å². The van der Waals surface area contributed by atoms with Gasteiger partial charge in [-0.1, -0.05) is 29.8 Å². The largest absolute Gasteiger partial charge is 0.508 e. The number of nitrogens with zero attached hydrogens (tertiary/aromatic N) is 1. The van der Waals surface area contributed by atoms with Gasteiger partial charge in [0, 0.05) is 17.0 Å². The van der Waals surface area contributed by atoms with Gasteiger partial charge in [0.25, 0.3) is 5.91 Å². The monoisotopic (exact) mass is 393 g/mol. The number of amides is 1. The molecule has 3 rings (SSSR count). The summed E-state index contributed by atoms with van der Waals surface area (Å²) < 4.78 is 0. The maximum absolute atomic E-state index is 12.9. The number of carbonyl (C=O) groups excluding carboxylic acids is 1. The van der Waals surface area contributed by atoms with Crippen LogP contribution in [0, 0.1) is 0 Å². The smallest absolute Gasteiger partial charge is 0.255 e. The normalized spacial score (nSPS) is 11.6. The summed E-state index contributed by atoms with van der Waals surface area (Å²) in [4.78, 5) is 18.2. The lowest BCUT2D eigenvalue weighted by molar-refractivity contribution is 0.0944. The molecule has 0 bridgehead atoms. The lowest BCUT2D eigenvalue weighted by Crippen LogP contribution is -2.29. The minimum absolute atomic E-state index is 0.151. The first-order chi connectivity index (χ1) is 13.4. The van der Waals surface area contributed by atoms with Gasteiger partial charge in [-0.2, -0.15) is 0 Å². The molecular weight excluding hydrogens is 370 g/mol. The molecule has 1 atom stereocenters. The van der Waals surface area contributed by atoms with Gasteiger partial charge in [-0.25, -0.2) is 4.98 Å². The molecule has 0 saturated carbocycles. The summed E-state index contributed by atoms with van der Waals surface area (Å²) in [7, 11) is 0. The van der Waals surface area contributed by atoms with Crippen LogP contribution in [0.1, 0.15) is 46.4 Å². The number of anilines is 1. The van der Waals surface area contributed by atoms with Crippen molar-refractivity contribution in [2.75, 3.05) is 5.73 Å². The second-order valence-corrected chi connectivity index (χ2v) is 7.72. The lowest BCUT2D eigenvalue weighted by atomic mass is 10.0. The van der Waals surface area contributed by atoms with Crippen LogP contribution in [-0.2, 0) is 6.42 Å². The molecule has 144 valence electrons. The van der Waals surface area contributed by atoms with E-state index in [2.05, 4.69) is 16.4 Å². The molecule has 4 N–H and O–H groups in total. The molecule has 1 amide bonds. The van der Waals surface area contributed by atoms with Gasteiger partial charge in [0.2, 0.25) is 0 Å². The molecule has 1 aromatic carbocycles. The number of aromatic nitrogens is 1. The first kappa shape index (κ1) is 19.6. The zero-order chi connectivity index (χ0) is 20.1. The predicted molar refractivity (Wildman–Crippen MR) is 114 cm³/mol. The zero-order valence-corrected chi connectivity index (χ0v) is 16.7. The van der Waals surface area contributed by atoms with Crippen molar-refractivity contribution in [1.29, 1.82) is 0 Å². The SMILES string of the molecule is CC(C)=CCc1ccc(C(=O)NC(c2cccc(O)c2)c2cccs2)c(N)n1. The second kappa shape index (κ2) is 8.71. The Hall–Kier alpha value is -3.12. The van der Waals surface area contributed by atoms with Crippen molar-refractivity contribution in [3.05, 3.63) is 87.3 Å². The molecule has 0 spiro atoms. The highest BCUT2D eigenvalue weighted by Crippen LogP contribution is 2.28. The Morgan fingerprint density at radius 3 is 2.71 bits per heavy atom. The average Bonchev–Trinajstić information content (AvgIpc) is 3.18. The van der Waals surface area contributed by atoms with Crippen molar-refractivity contribution in [3.8, 4) is 5.75 Å². The topological polar surface area (TPSA) is 88.2 Å². The number of nitrogens with two attached hydrogens (primary N) is 1. The van der Waals surface area contributed by atoms with E-state index in [1.165, 1.54) is 16.9 Å². The molecule has 2 aromatic heterocycles. The number of pyridine rings is 1. The molecule has 3 aromatic rings. The predicted octanol–water partition coefficient (Wildman–Crippen LogP) is 4.46. The van der Waals surface area contributed by atoms with Gasteiger partial charge in [-0.15, -0.1) is 11.3 Å². The highest BCUT2D eigenvalue weighted by Gasteiger charge is 2.21. The lowest BCUT2D eigenvalue weighted by Gasteiger charge is -2.19. The van der Waals surface area contributed by atoms with Crippen LogP contribution in [0.2, 0.25) is 0 Å². The summed E-state index contributed by atoms with van der Waals surface area (Å²) in [6.07, 6.45) is 2.74. The van der Waals surface area contributed by atoms with Gasteiger partial charge < -0.3 is 16.2 Å². The number of hydrogen-bond donors (Lipinski definition) is 3. The molecule has 0 aliphatic rings. The van der Waals surface area contributed by atoms with E-state index in [0.717, 1.165) is 16.1 Å². The van der Waals surface area contributed by atoms with E-state index in [0.29, 0.717) is 12.0 Å². The first-order valence-corrected chi connectivity index (χ1v) is 9.84. The number of carbonyl (C=O) groups is 1. The fraction of sp³-hybridized carbons (Fsp3) is 0.182. The van der Waals surface area contributed by atoms with E-state index in [-0.39, 0.29) is 23.5 Å². The number of rotatable bonds is 6. The van der Waals surface area contributed by atoms with E-state index in [1.807, 2.05) is 43.5 Å². The molecule has 28 heavy (non-hydrogen) atoms. The number of allylic oxidation sites excluding steroid dienone is 2. The Kier molecular flexibility index (Phi) is 6.11. The molecule has 0 aliphatic carbocycles. The molecule has 5 nitrogen and oxygen atoms in total. The van der Waals surface area contributed by atoms with E-state index in [1.54, 1.807) is 24.3 Å². The van der Waals surface area contributed by atoms with Gasteiger partial charge >= 0.3 is 0 Å². The molecule has 2 heterocycles. The fourth-order valence-corrected chi connectivity index (χ4v) is 3.62. The van der Waals surface area contributed by atoms with Crippen LogP contribution < -0.4 is 11.1 Å². The Balaban J connectivity index is 1.85. The van der Waals surface area contributed by atoms with Gasteiger partial charge in [0.15, 0.2) is 0 Å². The third-order valence-electron chi connectivity index (χ3n) is 4.25. The molecule has 0 fully saturated rings. The number of aromatic hydroxyl groups is 1. The highest BCUT2D eigenvalue weighted by atomic mass is 32.1. The Labute approximate surface area is 168 Å². The molecule has 6 heteroatoms. The molecular formula is C22H23N3O2S. The standard InChI is InChI=1S/C22H23N3O2S/c1-14(2)8-9-16-10-11-18(21(23)24-16)22(27)25-20(19-7-4-12-28-19)15-5-3-6-17(26)13-15/h3-8,10-13,20,26H,9H2,1-2H3,(H2,23,24)(H,25,27). The summed E-state index contributed by atoms with van der Waals surface area (Å²) >= 11 is 1.54. The number of phenolic OH excluding ortho intramolecular Hbond substituents is 1. The number of benzene rings is 1. The quantitative estimate of drug-likeness (QED) is 0.540. The molecule has 0 saturated heterocycles. The number of nitrogen functional groups attached to an aromatic ring is 1. The van der Waals surface area contributed by atoms with Crippen LogP contribution in [0.5, 0.6) is 5.75 Å². The summed E-state index contributed by atoms with van der Waals surface area (Å²) in [6.45, 7) is 4.05. The van der Waals surface area contributed by atoms with Crippen LogP contribution in [-0.4, -0.2) is 16.0 Å². The van der Waals surface area contributed by atoms with Crippen LogP contribution >= 0.6 is 11.3 Å². The van der Waals surface area contributed by atoms with Crippen molar-refractivity contribution in [2.45, 2.75) is 26.3 Å². The highest BCUT2D eigenvalue weighted by molar-refractivity contribution is 7.10. The second-order valence-electron chi connectivity index (χ2n) is 6.74. The number of thiophene rings is 1. The van der Waals surface area contributed by atoms with Crippen LogP contribution in [0.4, 0.5) is 5.82 Å². The number of nitrogens with one attached hydrogen (secondary N) is 1. The fourth-order valence-electron chi connectivity index (χ4n) is 2.82. The maximum atomic E-state index is 12.9. The van der Waals surface area contributed by atoms with Crippen molar-refractivity contribution >= 4 is 23.1 Å². The van der Waals surface area contributed by atoms with Crippen molar-refractivity contribution in [2.24, 2.45) is 0 Å². The van der Waals surface area contributed by atoms with Crippen LogP contribution in [0.25, 0.3) is 0 Å². The Bertz CT molecular complexity index is 993. The van der Waals surface area contributed by atoms with E-state index < -0.39 is 0 Å². The van der Waals surface area contributed by atoms with Gasteiger partial charge in [0.1, 0.15) is 11.6 Å². The van der Waals surface area contributed by atoms with E-state index in [9.17, 15) is 9.90 Å². The van der Waals surface area contributed by atoms with Crippen molar-refractivity contribution < 1.29 is 9.90 Å². The van der Waals surface area contributed by atoms with E-state index in [4.69, 9.17) is 5.73 Å². The van der Waals surface area contributed by atoms with Gasteiger partial charge in [0.05, 0.1) is 11.6 Å². The summed E-state index contributed by atoms with van der Waals surface area (Å²) in [5.41, 5.74) is 9.20. The first-order valence-electron chi connectivity index (χ1n) is 8.96. The van der Waals surface area contributed by atoms with Crippen molar-refractivity contribution in [1.82, 2.24) is 10.3 Å². The number of phenols is 1. The maximum Gasteiger partial charge on any atom is 0.255 e. The Morgan fingerprint density at radius 1 is 1.25 bits per heavy atom. The Morgan fingerprint density at radius 2 is 2.07 bits per heavy atom. The third-order valence-corrected chi connectivity index (χ3v) is 5.19. The molecule has 0 radical (unpaired) electrons. The van der Waals surface area contributed by atoms with Crippen LogP contribution in [0.3, 0.4) is 0 Å². The summed E-state index contributed by atoms with van der Waals surface area (Å²) in [6, 6.07) is 13.9. The van der Waals surface area contributed by atoms with Gasteiger partial charge in [-0.3, -0.25) is 4.79 Å². The average molecular weight is 394 g/mol. The molecule has 1 unspecified atom stereocenters. The van der Waals surface area contributed by atoms with Gasteiger partial charge in [-0.05, 0) is 55.1 Å². The minimum atomic E-state index is -0.385. The third kappa shape index (κ3) is 4.78. The van der Waals surface area contributed by atoms with E-state index >= 15 is 0 Å². The van der Waals surface area contributed by atoms with Crippen molar-refractivity contribution in [3.63, 3.8) is 0 Å². The summed E-state index contributed by atoms with van der Waals surface area (Å²) in [5, 5.41) is 14.8. The molecule has 0 aliphatic heterocycles. The zero-order valence-electron chi connectivity index (χ0n) is 15.8. The minimum Gasteiger partial charge on any atom is -0.508 e. The number of hydrogen-bond acceptors (Lipinski definition) is 5. The summed E-state index contributed by atoms with van der Waals surface area (Å²) in [5.74, 6) is 0.0524.